The third-order valence-corrected chi connectivity index (χ3v) is 7.42. The molecule has 1 saturated heterocycles. The van der Waals surface area contributed by atoms with Gasteiger partial charge in [0.1, 0.15) is 5.54 Å². The van der Waals surface area contributed by atoms with Gasteiger partial charge in [0.05, 0.1) is 17.9 Å². The van der Waals surface area contributed by atoms with E-state index in [1.54, 1.807) is 6.20 Å². The molecule has 1 aliphatic heterocycles. The Kier molecular flexibility index (Phi) is 5.59. The number of carbonyl (C=O) groups is 1. The second kappa shape index (κ2) is 8.50. The highest BCUT2D eigenvalue weighted by atomic mass is 16.2. The molecular weight excluding hydrogens is 374 g/mol. The zero-order valence-corrected chi connectivity index (χ0v) is 17.9. The number of carbonyl (C=O) groups excluding carboxylic acids is 1. The third-order valence-electron chi connectivity index (χ3n) is 7.42. The molecule has 3 aliphatic rings. The quantitative estimate of drug-likeness (QED) is 0.834. The smallest absolute Gasteiger partial charge is 0.241 e. The monoisotopic (exact) mass is 407 g/mol. The molecule has 30 heavy (non-hydrogen) atoms. The summed E-state index contributed by atoms with van der Waals surface area (Å²) in [4.78, 5) is 20.8. The Morgan fingerprint density at radius 3 is 2.60 bits per heavy atom. The van der Waals surface area contributed by atoms with Gasteiger partial charge in [0.15, 0.2) is 5.82 Å². The topological polar surface area (TPSA) is 63.1 Å². The first-order chi connectivity index (χ1) is 14.8. The van der Waals surface area contributed by atoms with E-state index in [9.17, 15) is 4.79 Å². The number of amides is 1. The molecule has 2 aromatic rings. The Hall–Kier alpha value is -2.21. The van der Waals surface area contributed by atoms with E-state index in [-0.39, 0.29) is 17.5 Å². The first kappa shape index (κ1) is 19.7. The van der Waals surface area contributed by atoms with Crippen LogP contribution in [0.15, 0.2) is 30.6 Å². The first-order valence-corrected chi connectivity index (χ1v) is 11.8. The molecule has 3 heterocycles. The number of pyridine rings is 1. The van der Waals surface area contributed by atoms with Crippen LogP contribution in [0.2, 0.25) is 0 Å². The SMILES string of the molecule is O=C(NC1CCCc2c1cnn2-c1ccccn1)C1(N2CCCCC2)CCCCC1. The van der Waals surface area contributed by atoms with Crippen molar-refractivity contribution in [1.82, 2.24) is 25.0 Å². The lowest BCUT2D eigenvalue weighted by atomic mass is 9.78. The fraction of sp³-hybridized carbons (Fsp3) is 0.625. The van der Waals surface area contributed by atoms with Gasteiger partial charge in [-0.2, -0.15) is 5.10 Å². The van der Waals surface area contributed by atoms with Crippen LogP contribution in [0.1, 0.15) is 81.5 Å². The van der Waals surface area contributed by atoms with Crippen LogP contribution in [0.4, 0.5) is 0 Å². The minimum absolute atomic E-state index is 0.0577. The Balaban J connectivity index is 1.39. The average Bonchev–Trinajstić information content (AvgIpc) is 3.26. The third kappa shape index (κ3) is 3.55. The summed E-state index contributed by atoms with van der Waals surface area (Å²) in [7, 11) is 0. The number of fused-ring (bicyclic) bond motifs is 1. The Morgan fingerprint density at radius 2 is 1.83 bits per heavy atom. The van der Waals surface area contributed by atoms with Crippen molar-refractivity contribution in [3.63, 3.8) is 0 Å². The molecule has 5 rings (SSSR count). The van der Waals surface area contributed by atoms with Crippen LogP contribution in [-0.2, 0) is 11.2 Å². The maximum Gasteiger partial charge on any atom is 0.241 e. The van der Waals surface area contributed by atoms with Crippen LogP contribution < -0.4 is 5.32 Å². The molecule has 1 N–H and O–H groups in total. The van der Waals surface area contributed by atoms with Crippen LogP contribution in [0.5, 0.6) is 0 Å². The predicted molar refractivity (Wildman–Crippen MR) is 116 cm³/mol. The van der Waals surface area contributed by atoms with Crippen molar-refractivity contribution in [1.29, 1.82) is 0 Å². The van der Waals surface area contributed by atoms with E-state index in [2.05, 4.69) is 20.3 Å². The molecule has 1 saturated carbocycles. The lowest BCUT2D eigenvalue weighted by Crippen LogP contribution is -2.61. The Morgan fingerprint density at radius 1 is 1.03 bits per heavy atom. The molecule has 2 aliphatic carbocycles. The molecule has 160 valence electrons. The molecule has 2 aromatic heterocycles. The highest BCUT2D eigenvalue weighted by molar-refractivity contribution is 5.87. The van der Waals surface area contributed by atoms with Crippen molar-refractivity contribution in [2.45, 2.75) is 82.2 Å². The van der Waals surface area contributed by atoms with Gasteiger partial charge in [0, 0.05) is 11.8 Å². The molecule has 6 heteroatoms. The second-order valence-electron chi connectivity index (χ2n) is 9.20. The highest BCUT2D eigenvalue weighted by Gasteiger charge is 2.45. The summed E-state index contributed by atoms with van der Waals surface area (Å²) < 4.78 is 1.95. The molecule has 1 atom stereocenters. The maximum absolute atomic E-state index is 13.8. The highest BCUT2D eigenvalue weighted by Crippen LogP contribution is 2.38. The summed E-state index contributed by atoms with van der Waals surface area (Å²) in [6.07, 6.45) is 16.1. The lowest BCUT2D eigenvalue weighted by molar-refractivity contribution is -0.138. The number of nitrogens with zero attached hydrogens (tertiary/aromatic N) is 4. The minimum atomic E-state index is -0.298. The largest absolute Gasteiger partial charge is 0.348 e. The fourth-order valence-corrected chi connectivity index (χ4v) is 5.82. The van der Waals surface area contributed by atoms with Crippen LogP contribution >= 0.6 is 0 Å². The summed E-state index contributed by atoms with van der Waals surface area (Å²) in [6.45, 7) is 2.14. The lowest BCUT2D eigenvalue weighted by Gasteiger charge is -2.47. The van der Waals surface area contributed by atoms with E-state index in [1.165, 1.54) is 36.9 Å². The van der Waals surface area contributed by atoms with Gasteiger partial charge in [0.25, 0.3) is 0 Å². The van der Waals surface area contributed by atoms with E-state index in [4.69, 9.17) is 0 Å². The molecule has 0 aromatic carbocycles. The standard InChI is InChI=1S/C24H33N5O/c30-23(24(13-4-1-5-14-24)28-16-7-2-8-17-28)27-20-10-9-11-21-19(20)18-26-29(21)22-12-3-6-15-25-22/h3,6,12,15,18,20H,1-2,4-5,7-11,13-14,16-17H2,(H,27,30). The summed E-state index contributed by atoms with van der Waals surface area (Å²) in [5.41, 5.74) is 2.07. The summed E-state index contributed by atoms with van der Waals surface area (Å²) in [5, 5.41) is 8.13. The minimum Gasteiger partial charge on any atom is -0.348 e. The van der Waals surface area contributed by atoms with Gasteiger partial charge < -0.3 is 5.32 Å². The fourth-order valence-electron chi connectivity index (χ4n) is 5.82. The number of aromatic nitrogens is 3. The van der Waals surface area contributed by atoms with Crippen molar-refractivity contribution in [3.8, 4) is 5.82 Å². The van der Waals surface area contributed by atoms with Crippen molar-refractivity contribution in [2.75, 3.05) is 13.1 Å². The number of rotatable bonds is 4. The van der Waals surface area contributed by atoms with Crippen molar-refractivity contribution in [3.05, 3.63) is 41.9 Å². The van der Waals surface area contributed by atoms with Gasteiger partial charge in [-0.15, -0.1) is 0 Å². The molecule has 0 bridgehead atoms. The van der Waals surface area contributed by atoms with Crippen LogP contribution in [0.3, 0.4) is 0 Å². The van der Waals surface area contributed by atoms with E-state index in [1.807, 2.05) is 29.1 Å². The van der Waals surface area contributed by atoms with E-state index < -0.39 is 0 Å². The van der Waals surface area contributed by atoms with Gasteiger partial charge >= 0.3 is 0 Å². The van der Waals surface area contributed by atoms with Crippen molar-refractivity contribution < 1.29 is 4.79 Å². The number of nitrogens with one attached hydrogen (secondary N) is 1. The van der Waals surface area contributed by atoms with E-state index >= 15 is 0 Å². The van der Waals surface area contributed by atoms with Gasteiger partial charge in [-0.25, -0.2) is 9.67 Å². The number of piperidine rings is 1. The zero-order chi connectivity index (χ0) is 20.4. The van der Waals surface area contributed by atoms with Crippen molar-refractivity contribution in [2.24, 2.45) is 0 Å². The van der Waals surface area contributed by atoms with Crippen LogP contribution in [0, 0.1) is 0 Å². The van der Waals surface area contributed by atoms with Crippen LogP contribution in [-0.4, -0.2) is 44.2 Å². The number of hydrogen-bond donors (Lipinski definition) is 1. The number of hydrogen-bond acceptors (Lipinski definition) is 4. The van der Waals surface area contributed by atoms with Crippen molar-refractivity contribution >= 4 is 5.91 Å². The summed E-state index contributed by atoms with van der Waals surface area (Å²) >= 11 is 0. The zero-order valence-electron chi connectivity index (χ0n) is 17.9. The second-order valence-corrected chi connectivity index (χ2v) is 9.20. The molecule has 0 spiro atoms. The Bertz CT molecular complexity index is 865. The summed E-state index contributed by atoms with van der Waals surface area (Å²) in [6, 6.07) is 5.96. The molecular formula is C24H33N5O. The molecule has 6 nitrogen and oxygen atoms in total. The molecule has 2 fully saturated rings. The predicted octanol–water partition coefficient (Wildman–Crippen LogP) is 3.95. The van der Waals surface area contributed by atoms with Gasteiger partial charge in [-0.3, -0.25) is 9.69 Å². The maximum atomic E-state index is 13.8. The van der Waals surface area contributed by atoms with E-state index in [0.29, 0.717) is 0 Å². The number of likely N-dealkylation sites (tertiary alicyclic amines) is 1. The molecule has 1 unspecified atom stereocenters. The van der Waals surface area contributed by atoms with Gasteiger partial charge in [-0.1, -0.05) is 31.7 Å². The van der Waals surface area contributed by atoms with Crippen LogP contribution in [0.25, 0.3) is 5.82 Å². The molecule has 0 radical (unpaired) electrons. The first-order valence-electron chi connectivity index (χ1n) is 11.8. The Labute approximate surface area is 179 Å². The van der Waals surface area contributed by atoms with E-state index in [0.717, 1.165) is 63.9 Å². The average molecular weight is 408 g/mol. The summed E-state index contributed by atoms with van der Waals surface area (Å²) in [5.74, 6) is 1.11. The normalized spacial score (nSPS) is 24.2. The van der Waals surface area contributed by atoms with Gasteiger partial charge in [0.2, 0.25) is 5.91 Å². The van der Waals surface area contributed by atoms with Gasteiger partial charge in [-0.05, 0) is 70.2 Å². The molecule has 1 amide bonds.